The monoisotopic (exact) mass is 422 g/mol. The number of ether oxygens (including phenoxy) is 1. The third-order valence-electron chi connectivity index (χ3n) is 4.47. The molecule has 1 aromatic carbocycles. The summed E-state index contributed by atoms with van der Waals surface area (Å²) >= 11 is 0. The molecule has 2 heterocycles. The standard InChI is InChI=1S/C20H24F2N4O4/c1-19(2,29)16(12-6-8-13(9-7-12)30-20(3,21)22)25-18(28)26-11-15(27)24-14-5-4-10-23-17(14)26/h4-10,16,18,25,28-29H,11H2,1-3H3,(H,24,27). The predicted octanol–water partition coefficient (Wildman–Crippen LogP) is 2.21. The fraction of sp³-hybridized carbons (Fsp3) is 0.400. The maximum atomic E-state index is 13.0. The van der Waals surface area contributed by atoms with E-state index in [1.165, 1.54) is 49.2 Å². The number of carbonyl (C=O) groups excluding carboxylic acids is 1. The molecule has 3 rings (SSSR count). The Balaban J connectivity index is 1.83. The minimum Gasteiger partial charge on any atom is -0.433 e. The Bertz CT molecular complexity index is 897. The molecule has 1 aromatic heterocycles. The molecule has 0 spiro atoms. The molecule has 1 aliphatic heterocycles. The lowest BCUT2D eigenvalue weighted by Crippen LogP contribution is -2.55. The number of carbonyl (C=O) groups is 1. The number of hydrogen-bond acceptors (Lipinski definition) is 7. The van der Waals surface area contributed by atoms with Gasteiger partial charge in [0.25, 0.3) is 0 Å². The van der Waals surface area contributed by atoms with Gasteiger partial charge in [0.2, 0.25) is 5.91 Å². The minimum absolute atomic E-state index is 0.0351. The van der Waals surface area contributed by atoms with Gasteiger partial charge in [-0.15, -0.1) is 0 Å². The highest BCUT2D eigenvalue weighted by atomic mass is 19.3. The summed E-state index contributed by atoms with van der Waals surface area (Å²) in [6.45, 7) is 3.57. The largest absolute Gasteiger partial charge is 0.433 e. The summed E-state index contributed by atoms with van der Waals surface area (Å²) in [5.41, 5.74) is -0.365. The van der Waals surface area contributed by atoms with Crippen molar-refractivity contribution in [1.82, 2.24) is 10.3 Å². The van der Waals surface area contributed by atoms with E-state index >= 15 is 0 Å². The molecule has 30 heavy (non-hydrogen) atoms. The smallest absolute Gasteiger partial charge is 0.394 e. The fourth-order valence-corrected chi connectivity index (χ4v) is 3.23. The van der Waals surface area contributed by atoms with Crippen molar-refractivity contribution in [2.75, 3.05) is 16.8 Å². The second-order valence-corrected chi connectivity index (χ2v) is 7.66. The predicted molar refractivity (Wildman–Crippen MR) is 106 cm³/mol. The summed E-state index contributed by atoms with van der Waals surface area (Å²) in [4.78, 5) is 17.6. The van der Waals surface area contributed by atoms with Crippen LogP contribution in [0.4, 0.5) is 20.3 Å². The Morgan fingerprint density at radius 1 is 1.23 bits per heavy atom. The van der Waals surface area contributed by atoms with Crippen LogP contribution in [0.25, 0.3) is 0 Å². The van der Waals surface area contributed by atoms with E-state index in [9.17, 15) is 23.8 Å². The number of alkyl halides is 2. The molecule has 0 radical (unpaired) electrons. The number of aliphatic hydroxyl groups excluding tert-OH is 1. The number of rotatable bonds is 7. The van der Waals surface area contributed by atoms with Crippen LogP contribution in [0.2, 0.25) is 0 Å². The van der Waals surface area contributed by atoms with Crippen molar-refractivity contribution in [3.05, 3.63) is 48.2 Å². The van der Waals surface area contributed by atoms with Gasteiger partial charge in [0.05, 0.1) is 17.3 Å². The second-order valence-electron chi connectivity index (χ2n) is 7.66. The number of aliphatic hydroxyl groups is 2. The lowest BCUT2D eigenvalue weighted by molar-refractivity contribution is -0.159. The number of aromatic nitrogens is 1. The van der Waals surface area contributed by atoms with Crippen molar-refractivity contribution >= 4 is 17.4 Å². The first-order valence-corrected chi connectivity index (χ1v) is 9.29. The molecule has 2 atom stereocenters. The zero-order chi connectivity index (χ0) is 22.1. The number of amides is 1. The van der Waals surface area contributed by atoms with Gasteiger partial charge in [-0.2, -0.15) is 8.78 Å². The Labute approximate surface area is 172 Å². The Morgan fingerprint density at radius 2 is 1.90 bits per heavy atom. The van der Waals surface area contributed by atoms with Crippen molar-refractivity contribution in [2.24, 2.45) is 0 Å². The quantitative estimate of drug-likeness (QED) is 0.507. The molecular weight excluding hydrogens is 398 g/mol. The van der Waals surface area contributed by atoms with Gasteiger partial charge in [-0.25, -0.2) is 4.98 Å². The maximum Gasteiger partial charge on any atom is 0.394 e. The van der Waals surface area contributed by atoms with Gasteiger partial charge in [-0.1, -0.05) is 12.1 Å². The highest BCUT2D eigenvalue weighted by Gasteiger charge is 2.34. The zero-order valence-corrected chi connectivity index (χ0v) is 16.8. The van der Waals surface area contributed by atoms with Crippen LogP contribution in [0.1, 0.15) is 32.4 Å². The molecule has 0 saturated carbocycles. The van der Waals surface area contributed by atoms with E-state index in [0.29, 0.717) is 24.0 Å². The molecule has 10 heteroatoms. The van der Waals surface area contributed by atoms with Crippen LogP contribution in [0.3, 0.4) is 0 Å². The molecule has 2 unspecified atom stereocenters. The average molecular weight is 422 g/mol. The van der Waals surface area contributed by atoms with E-state index in [1.807, 2.05) is 0 Å². The number of hydrogen-bond donors (Lipinski definition) is 4. The number of anilines is 2. The molecule has 2 aromatic rings. The lowest BCUT2D eigenvalue weighted by Gasteiger charge is -2.38. The van der Waals surface area contributed by atoms with E-state index in [0.717, 1.165) is 0 Å². The summed E-state index contributed by atoms with van der Waals surface area (Å²) in [6, 6.07) is 8.24. The third kappa shape index (κ3) is 5.21. The van der Waals surface area contributed by atoms with Crippen molar-refractivity contribution < 1.29 is 28.5 Å². The number of nitrogens with zero attached hydrogens (tertiary/aromatic N) is 2. The zero-order valence-electron chi connectivity index (χ0n) is 16.8. The molecule has 0 fully saturated rings. The first-order valence-electron chi connectivity index (χ1n) is 9.29. The minimum atomic E-state index is -3.32. The first-order chi connectivity index (χ1) is 13.9. The summed E-state index contributed by atoms with van der Waals surface area (Å²) in [6.07, 6.45) is -3.15. The molecule has 162 valence electrons. The first kappa shape index (κ1) is 21.9. The van der Waals surface area contributed by atoms with Gasteiger partial charge < -0.3 is 25.2 Å². The van der Waals surface area contributed by atoms with E-state index in [2.05, 4.69) is 20.4 Å². The van der Waals surface area contributed by atoms with Gasteiger partial charge in [0.15, 0.2) is 12.2 Å². The lowest BCUT2D eigenvalue weighted by atomic mass is 9.92. The third-order valence-corrected chi connectivity index (χ3v) is 4.47. The number of benzene rings is 1. The van der Waals surface area contributed by atoms with Crippen LogP contribution in [-0.4, -0.2) is 45.7 Å². The van der Waals surface area contributed by atoms with Gasteiger partial charge in [0.1, 0.15) is 12.3 Å². The van der Waals surface area contributed by atoms with Crippen molar-refractivity contribution in [3.63, 3.8) is 0 Å². The number of nitrogens with one attached hydrogen (secondary N) is 2. The summed E-state index contributed by atoms with van der Waals surface area (Å²) in [7, 11) is 0. The molecule has 1 aliphatic rings. The van der Waals surface area contributed by atoms with Crippen molar-refractivity contribution in [3.8, 4) is 5.75 Å². The second kappa shape index (κ2) is 8.13. The number of pyridine rings is 1. The normalized spacial score (nSPS) is 16.5. The van der Waals surface area contributed by atoms with E-state index in [1.54, 1.807) is 12.1 Å². The molecular formula is C20H24F2N4O4. The summed E-state index contributed by atoms with van der Waals surface area (Å²) in [5, 5.41) is 27.0. The molecule has 8 nitrogen and oxygen atoms in total. The van der Waals surface area contributed by atoms with E-state index in [4.69, 9.17) is 0 Å². The van der Waals surface area contributed by atoms with E-state index in [-0.39, 0.29) is 18.2 Å². The van der Waals surface area contributed by atoms with Gasteiger partial charge in [-0.05, 0) is 43.7 Å². The number of fused-ring (bicyclic) bond motifs is 1. The molecule has 1 amide bonds. The Kier molecular flexibility index (Phi) is 5.93. The fourth-order valence-electron chi connectivity index (χ4n) is 3.23. The Morgan fingerprint density at radius 3 is 2.50 bits per heavy atom. The van der Waals surface area contributed by atoms with Crippen LogP contribution in [0, 0.1) is 0 Å². The average Bonchev–Trinajstić information content (AvgIpc) is 2.64. The van der Waals surface area contributed by atoms with Crippen LogP contribution >= 0.6 is 0 Å². The van der Waals surface area contributed by atoms with Crippen LogP contribution < -0.4 is 20.3 Å². The summed E-state index contributed by atoms with van der Waals surface area (Å²) in [5.74, 6) is 0.0193. The maximum absolute atomic E-state index is 13.0. The van der Waals surface area contributed by atoms with Crippen LogP contribution in [0.5, 0.6) is 5.75 Å². The van der Waals surface area contributed by atoms with Gasteiger partial charge >= 0.3 is 6.11 Å². The molecule has 0 saturated heterocycles. The SMILES string of the molecule is CC(F)(F)Oc1ccc(C(NC(O)N2CC(=O)Nc3cccnc32)C(C)(C)O)cc1. The number of halogens is 2. The van der Waals surface area contributed by atoms with Gasteiger partial charge in [-0.3, -0.25) is 10.1 Å². The van der Waals surface area contributed by atoms with Crippen molar-refractivity contribution in [2.45, 2.75) is 44.9 Å². The topological polar surface area (TPSA) is 107 Å². The summed E-state index contributed by atoms with van der Waals surface area (Å²) < 4.78 is 30.6. The van der Waals surface area contributed by atoms with Gasteiger partial charge in [0, 0.05) is 13.1 Å². The Hall–Kier alpha value is -2.82. The molecule has 0 bridgehead atoms. The molecule has 0 aliphatic carbocycles. The van der Waals surface area contributed by atoms with E-state index < -0.39 is 24.1 Å². The molecule has 4 N–H and O–H groups in total. The highest BCUT2D eigenvalue weighted by Crippen LogP contribution is 2.31. The highest BCUT2D eigenvalue weighted by molar-refractivity contribution is 6.00. The van der Waals surface area contributed by atoms with Crippen LogP contribution in [0.15, 0.2) is 42.6 Å². The van der Waals surface area contributed by atoms with Crippen molar-refractivity contribution in [1.29, 1.82) is 0 Å². The van der Waals surface area contributed by atoms with Crippen LogP contribution in [-0.2, 0) is 4.79 Å².